The number of phenols is 1. The number of nitrogens with zero attached hydrogens (tertiary/aromatic N) is 3. The molecule has 0 spiro atoms. The lowest BCUT2D eigenvalue weighted by atomic mass is 9.97. The van der Waals surface area contributed by atoms with E-state index in [-0.39, 0.29) is 5.75 Å². The van der Waals surface area contributed by atoms with E-state index in [2.05, 4.69) is 22.0 Å². The molecule has 23 heavy (non-hydrogen) atoms. The van der Waals surface area contributed by atoms with Crippen LogP contribution < -0.4 is 4.90 Å². The third-order valence-electron chi connectivity index (χ3n) is 4.43. The molecule has 0 saturated carbocycles. The zero-order valence-electron chi connectivity index (χ0n) is 12.5. The first-order valence-corrected chi connectivity index (χ1v) is 7.59. The molecule has 2 aromatic carbocycles. The molecule has 0 saturated heterocycles. The van der Waals surface area contributed by atoms with E-state index in [4.69, 9.17) is 0 Å². The van der Waals surface area contributed by atoms with Crippen LogP contribution in [0.4, 0.5) is 5.69 Å². The Morgan fingerprint density at radius 3 is 2.91 bits per heavy atom. The van der Waals surface area contributed by atoms with Gasteiger partial charge in [-0.05, 0) is 29.0 Å². The minimum atomic E-state index is 0.264. The number of pyridine rings is 1. The fourth-order valence-electron chi connectivity index (χ4n) is 3.30. The zero-order chi connectivity index (χ0) is 15.8. The molecule has 0 bridgehead atoms. The van der Waals surface area contributed by atoms with Crippen LogP contribution in [0, 0.1) is 11.3 Å². The van der Waals surface area contributed by atoms with Gasteiger partial charge in [0.15, 0.2) is 0 Å². The third-order valence-corrected chi connectivity index (χ3v) is 4.43. The van der Waals surface area contributed by atoms with E-state index < -0.39 is 0 Å². The van der Waals surface area contributed by atoms with Gasteiger partial charge in [0, 0.05) is 42.6 Å². The molecule has 0 aliphatic carbocycles. The van der Waals surface area contributed by atoms with Gasteiger partial charge < -0.3 is 10.0 Å². The first-order chi connectivity index (χ1) is 11.3. The molecule has 0 radical (unpaired) electrons. The fourth-order valence-corrected chi connectivity index (χ4v) is 3.30. The van der Waals surface area contributed by atoms with Crippen molar-refractivity contribution in [3.8, 4) is 11.8 Å². The molecule has 1 aliphatic heterocycles. The third kappa shape index (κ3) is 2.27. The van der Waals surface area contributed by atoms with E-state index >= 15 is 0 Å². The van der Waals surface area contributed by atoms with Gasteiger partial charge in [0.2, 0.25) is 0 Å². The highest BCUT2D eigenvalue weighted by molar-refractivity contribution is 5.95. The van der Waals surface area contributed by atoms with Gasteiger partial charge in [-0.15, -0.1) is 0 Å². The Labute approximate surface area is 134 Å². The summed E-state index contributed by atoms with van der Waals surface area (Å²) in [4.78, 5) is 6.38. The molecule has 0 atom stereocenters. The van der Waals surface area contributed by atoms with E-state index in [1.165, 1.54) is 0 Å². The number of phenolic OH excluding ortho intramolecular Hbond substituents is 1. The number of nitriles is 1. The monoisotopic (exact) mass is 301 g/mol. The Hall–Kier alpha value is -3.06. The molecule has 3 aromatic rings. The standard InChI is InChI=1S/C19H15N3O/c20-9-15-11-21-10-14-5-6-22(12-18(14)15)19-8-16(23)7-13-3-1-2-4-17(13)19/h1-4,7-8,10-11,23H,5-6,12H2. The summed E-state index contributed by atoms with van der Waals surface area (Å²) >= 11 is 0. The molecule has 1 aliphatic rings. The minimum absolute atomic E-state index is 0.264. The first kappa shape index (κ1) is 13.6. The number of aromatic nitrogens is 1. The molecule has 1 aromatic heterocycles. The highest BCUT2D eigenvalue weighted by Gasteiger charge is 2.21. The van der Waals surface area contributed by atoms with Gasteiger partial charge in [-0.1, -0.05) is 24.3 Å². The molecule has 0 fully saturated rings. The van der Waals surface area contributed by atoms with E-state index in [1.807, 2.05) is 24.4 Å². The summed E-state index contributed by atoms with van der Waals surface area (Å²) in [5.41, 5.74) is 3.83. The Morgan fingerprint density at radius 2 is 2.04 bits per heavy atom. The molecule has 2 heterocycles. The second-order valence-corrected chi connectivity index (χ2v) is 5.79. The summed E-state index contributed by atoms with van der Waals surface area (Å²) in [5, 5.41) is 21.5. The second kappa shape index (κ2) is 5.29. The van der Waals surface area contributed by atoms with Crippen molar-refractivity contribution in [3.05, 3.63) is 65.5 Å². The van der Waals surface area contributed by atoms with Crippen LogP contribution in [0.15, 0.2) is 48.8 Å². The van der Waals surface area contributed by atoms with Gasteiger partial charge in [-0.25, -0.2) is 0 Å². The van der Waals surface area contributed by atoms with Crippen LogP contribution in [0.3, 0.4) is 0 Å². The number of hydrogen-bond acceptors (Lipinski definition) is 4. The quantitative estimate of drug-likeness (QED) is 0.748. The Kier molecular flexibility index (Phi) is 3.13. The summed E-state index contributed by atoms with van der Waals surface area (Å²) < 4.78 is 0. The van der Waals surface area contributed by atoms with Gasteiger partial charge in [0.1, 0.15) is 11.8 Å². The molecule has 0 amide bonds. The fraction of sp³-hybridized carbons (Fsp3) is 0.158. The molecule has 4 heteroatoms. The lowest BCUT2D eigenvalue weighted by Gasteiger charge is -2.32. The second-order valence-electron chi connectivity index (χ2n) is 5.79. The van der Waals surface area contributed by atoms with Crippen molar-refractivity contribution in [3.63, 3.8) is 0 Å². The van der Waals surface area contributed by atoms with E-state index in [0.717, 1.165) is 40.6 Å². The smallest absolute Gasteiger partial charge is 0.118 e. The van der Waals surface area contributed by atoms with Crippen LogP contribution in [0.2, 0.25) is 0 Å². The van der Waals surface area contributed by atoms with Gasteiger partial charge in [0.25, 0.3) is 0 Å². The molecule has 112 valence electrons. The van der Waals surface area contributed by atoms with Gasteiger partial charge in [-0.3, -0.25) is 4.98 Å². The molecular weight excluding hydrogens is 286 g/mol. The zero-order valence-corrected chi connectivity index (χ0v) is 12.5. The van der Waals surface area contributed by atoms with Crippen LogP contribution in [0.5, 0.6) is 5.75 Å². The highest BCUT2D eigenvalue weighted by Crippen LogP contribution is 2.34. The van der Waals surface area contributed by atoms with Gasteiger partial charge >= 0.3 is 0 Å². The predicted octanol–water partition coefficient (Wildman–Crippen LogP) is 3.37. The Morgan fingerprint density at radius 1 is 1.17 bits per heavy atom. The van der Waals surface area contributed by atoms with Crippen molar-refractivity contribution in [2.45, 2.75) is 13.0 Å². The average Bonchev–Trinajstić information content (AvgIpc) is 2.60. The first-order valence-electron chi connectivity index (χ1n) is 7.59. The summed E-state index contributed by atoms with van der Waals surface area (Å²) in [7, 11) is 0. The summed E-state index contributed by atoms with van der Waals surface area (Å²) in [6.45, 7) is 1.51. The van der Waals surface area contributed by atoms with Crippen molar-refractivity contribution in [1.29, 1.82) is 5.26 Å². The maximum Gasteiger partial charge on any atom is 0.118 e. The van der Waals surface area contributed by atoms with E-state index in [0.29, 0.717) is 12.1 Å². The van der Waals surface area contributed by atoms with Crippen LogP contribution in [-0.4, -0.2) is 16.6 Å². The van der Waals surface area contributed by atoms with E-state index in [9.17, 15) is 10.4 Å². The number of fused-ring (bicyclic) bond motifs is 2. The molecule has 0 unspecified atom stereocenters. The van der Waals surface area contributed by atoms with Crippen molar-refractivity contribution in [1.82, 2.24) is 4.98 Å². The minimum Gasteiger partial charge on any atom is -0.508 e. The molecular formula is C19H15N3O. The van der Waals surface area contributed by atoms with Crippen molar-refractivity contribution in [2.75, 3.05) is 11.4 Å². The van der Waals surface area contributed by atoms with Crippen LogP contribution in [0.25, 0.3) is 10.8 Å². The maximum absolute atomic E-state index is 10.0. The number of benzene rings is 2. The largest absolute Gasteiger partial charge is 0.508 e. The number of anilines is 1. The van der Waals surface area contributed by atoms with E-state index in [1.54, 1.807) is 18.3 Å². The van der Waals surface area contributed by atoms with Crippen LogP contribution in [-0.2, 0) is 13.0 Å². The number of rotatable bonds is 1. The number of hydrogen-bond donors (Lipinski definition) is 1. The van der Waals surface area contributed by atoms with Crippen molar-refractivity contribution in [2.24, 2.45) is 0 Å². The normalized spacial score (nSPS) is 13.6. The summed E-state index contributed by atoms with van der Waals surface area (Å²) in [5.74, 6) is 0.264. The SMILES string of the molecule is N#Cc1cncc2c1CN(c1cc(O)cc3ccccc13)CC2. The Bertz CT molecular complexity index is 943. The average molecular weight is 301 g/mol. The molecule has 4 nitrogen and oxygen atoms in total. The summed E-state index contributed by atoms with van der Waals surface area (Å²) in [6, 6.07) is 13.9. The topological polar surface area (TPSA) is 60.2 Å². The van der Waals surface area contributed by atoms with Crippen molar-refractivity contribution < 1.29 is 5.11 Å². The summed E-state index contributed by atoms with van der Waals surface area (Å²) in [6.07, 6.45) is 4.33. The van der Waals surface area contributed by atoms with Gasteiger partial charge in [0.05, 0.1) is 5.56 Å². The lowest BCUT2D eigenvalue weighted by Crippen LogP contribution is -2.31. The van der Waals surface area contributed by atoms with Crippen LogP contribution >= 0.6 is 0 Å². The Balaban J connectivity index is 1.83. The van der Waals surface area contributed by atoms with Gasteiger partial charge in [-0.2, -0.15) is 5.26 Å². The van der Waals surface area contributed by atoms with Crippen molar-refractivity contribution >= 4 is 16.5 Å². The lowest BCUT2D eigenvalue weighted by molar-refractivity contribution is 0.476. The maximum atomic E-state index is 10.0. The molecule has 1 N–H and O–H groups in total. The predicted molar refractivity (Wildman–Crippen MR) is 89.3 cm³/mol. The number of aromatic hydroxyl groups is 1. The highest BCUT2D eigenvalue weighted by atomic mass is 16.3. The molecule has 4 rings (SSSR count). The van der Waals surface area contributed by atoms with Crippen LogP contribution in [0.1, 0.15) is 16.7 Å².